The van der Waals surface area contributed by atoms with Crippen LogP contribution < -0.4 is 5.73 Å². The summed E-state index contributed by atoms with van der Waals surface area (Å²) >= 11 is 0. The second-order valence-corrected chi connectivity index (χ2v) is 5.21. The van der Waals surface area contributed by atoms with Crippen LogP contribution in [0, 0.1) is 16.0 Å². The number of carboxylic acid groups (broad SMARTS) is 1. The summed E-state index contributed by atoms with van der Waals surface area (Å²) in [4.78, 5) is 22.2. The molecule has 0 bridgehead atoms. The Morgan fingerprint density at radius 3 is 2.50 bits per heavy atom. The van der Waals surface area contributed by atoms with Crippen molar-refractivity contribution in [2.75, 3.05) is 5.73 Å². The van der Waals surface area contributed by atoms with Crippen LogP contribution in [-0.4, -0.2) is 16.0 Å². The molecule has 0 fully saturated rings. The standard InChI is InChI=1S/C14H20N2O4/c1-4-7-14(9(2)3,13(17)18)11-8-10(16(19)20)5-6-12(11)15/h5-6,8-9H,4,7,15H2,1-3H3,(H,17,18). The lowest BCUT2D eigenvalue weighted by Crippen LogP contribution is -2.41. The number of aliphatic carboxylic acids is 1. The van der Waals surface area contributed by atoms with E-state index in [1.807, 2.05) is 6.92 Å². The number of carbonyl (C=O) groups is 1. The van der Waals surface area contributed by atoms with E-state index < -0.39 is 16.3 Å². The number of nitro benzene ring substituents is 1. The van der Waals surface area contributed by atoms with Crippen LogP contribution in [0.5, 0.6) is 0 Å². The predicted molar refractivity (Wildman–Crippen MR) is 76.6 cm³/mol. The van der Waals surface area contributed by atoms with Gasteiger partial charge < -0.3 is 10.8 Å². The molecule has 0 heterocycles. The number of benzene rings is 1. The van der Waals surface area contributed by atoms with E-state index in [1.54, 1.807) is 13.8 Å². The second kappa shape index (κ2) is 5.90. The van der Waals surface area contributed by atoms with Crippen LogP contribution in [0.3, 0.4) is 0 Å². The van der Waals surface area contributed by atoms with Gasteiger partial charge in [-0.1, -0.05) is 27.2 Å². The van der Waals surface area contributed by atoms with E-state index in [1.165, 1.54) is 18.2 Å². The lowest BCUT2D eigenvalue weighted by molar-refractivity contribution is -0.384. The molecule has 3 N–H and O–H groups in total. The van der Waals surface area contributed by atoms with Crippen LogP contribution in [0.1, 0.15) is 39.2 Å². The van der Waals surface area contributed by atoms with Gasteiger partial charge in [0, 0.05) is 17.8 Å². The highest BCUT2D eigenvalue weighted by molar-refractivity contribution is 5.84. The van der Waals surface area contributed by atoms with Gasteiger partial charge in [-0.15, -0.1) is 0 Å². The maximum atomic E-state index is 11.9. The van der Waals surface area contributed by atoms with E-state index in [4.69, 9.17) is 5.73 Å². The Balaban J connectivity index is 3.59. The van der Waals surface area contributed by atoms with Crippen molar-refractivity contribution in [3.8, 4) is 0 Å². The maximum Gasteiger partial charge on any atom is 0.314 e. The highest BCUT2D eigenvalue weighted by Gasteiger charge is 2.44. The molecule has 0 radical (unpaired) electrons. The van der Waals surface area contributed by atoms with Crippen molar-refractivity contribution in [3.05, 3.63) is 33.9 Å². The van der Waals surface area contributed by atoms with Crippen molar-refractivity contribution in [2.45, 2.75) is 39.0 Å². The molecule has 0 aromatic heterocycles. The molecule has 6 heteroatoms. The maximum absolute atomic E-state index is 11.9. The Labute approximate surface area is 117 Å². The van der Waals surface area contributed by atoms with Crippen LogP contribution >= 0.6 is 0 Å². The molecule has 0 aliphatic carbocycles. The number of hydrogen-bond donors (Lipinski definition) is 2. The topological polar surface area (TPSA) is 106 Å². The zero-order valence-corrected chi connectivity index (χ0v) is 11.9. The number of nitrogens with zero attached hydrogens (tertiary/aromatic N) is 1. The van der Waals surface area contributed by atoms with E-state index in [0.717, 1.165) is 0 Å². The van der Waals surface area contributed by atoms with Crippen molar-refractivity contribution in [1.29, 1.82) is 0 Å². The van der Waals surface area contributed by atoms with Gasteiger partial charge in [0.2, 0.25) is 0 Å². The monoisotopic (exact) mass is 280 g/mol. The number of carboxylic acids is 1. The summed E-state index contributed by atoms with van der Waals surface area (Å²) in [6, 6.07) is 3.99. The third kappa shape index (κ3) is 2.59. The largest absolute Gasteiger partial charge is 0.481 e. The van der Waals surface area contributed by atoms with E-state index in [9.17, 15) is 20.0 Å². The summed E-state index contributed by atoms with van der Waals surface area (Å²) in [5.41, 5.74) is 5.16. The predicted octanol–water partition coefficient (Wildman–Crippen LogP) is 2.96. The normalized spacial score (nSPS) is 14.0. The zero-order chi connectivity index (χ0) is 15.5. The fourth-order valence-corrected chi connectivity index (χ4v) is 2.64. The SMILES string of the molecule is CCCC(C(=O)O)(c1cc([N+](=O)[O-])ccc1N)C(C)C. The molecular weight excluding hydrogens is 260 g/mol. The van der Waals surface area contributed by atoms with Gasteiger partial charge in [-0.2, -0.15) is 0 Å². The second-order valence-electron chi connectivity index (χ2n) is 5.21. The summed E-state index contributed by atoms with van der Waals surface area (Å²) in [6.07, 6.45) is 1.03. The number of rotatable bonds is 6. The molecule has 110 valence electrons. The molecule has 0 spiro atoms. The Morgan fingerprint density at radius 1 is 1.50 bits per heavy atom. The molecule has 6 nitrogen and oxygen atoms in total. The van der Waals surface area contributed by atoms with Crippen LogP contribution in [0.15, 0.2) is 18.2 Å². The molecule has 0 amide bonds. The third-order valence-corrected chi connectivity index (χ3v) is 3.74. The number of hydrogen-bond acceptors (Lipinski definition) is 4. The number of anilines is 1. The summed E-state index contributed by atoms with van der Waals surface area (Å²) in [7, 11) is 0. The van der Waals surface area contributed by atoms with Gasteiger partial charge in [-0.25, -0.2) is 0 Å². The molecule has 0 saturated carbocycles. The molecule has 1 aromatic carbocycles. The number of non-ortho nitro benzene ring substituents is 1. The smallest absolute Gasteiger partial charge is 0.314 e. The molecule has 1 unspecified atom stereocenters. The first-order chi connectivity index (χ1) is 9.27. The van der Waals surface area contributed by atoms with Gasteiger partial charge in [-0.3, -0.25) is 14.9 Å². The number of nitro groups is 1. The van der Waals surface area contributed by atoms with Crippen LogP contribution in [-0.2, 0) is 10.2 Å². The number of nitrogen functional groups attached to an aromatic ring is 1. The molecule has 1 aromatic rings. The van der Waals surface area contributed by atoms with E-state index in [-0.39, 0.29) is 17.3 Å². The van der Waals surface area contributed by atoms with Gasteiger partial charge in [-0.05, 0) is 24.0 Å². The Bertz CT molecular complexity index is 528. The van der Waals surface area contributed by atoms with Gasteiger partial charge in [0.1, 0.15) is 0 Å². The molecular formula is C14H20N2O4. The lowest BCUT2D eigenvalue weighted by Gasteiger charge is -2.34. The first kappa shape index (κ1) is 15.9. The van der Waals surface area contributed by atoms with Gasteiger partial charge in [0.05, 0.1) is 10.3 Å². The highest BCUT2D eigenvalue weighted by atomic mass is 16.6. The summed E-state index contributed by atoms with van der Waals surface area (Å²) < 4.78 is 0. The summed E-state index contributed by atoms with van der Waals surface area (Å²) in [5.74, 6) is -1.23. The Kier molecular flexibility index (Phi) is 4.70. The third-order valence-electron chi connectivity index (χ3n) is 3.74. The molecule has 1 rings (SSSR count). The lowest BCUT2D eigenvalue weighted by atomic mass is 9.68. The zero-order valence-electron chi connectivity index (χ0n) is 11.9. The van der Waals surface area contributed by atoms with E-state index in [0.29, 0.717) is 18.4 Å². The summed E-state index contributed by atoms with van der Waals surface area (Å²) in [6.45, 7) is 5.47. The van der Waals surface area contributed by atoms with Gasteiger partial charge >= 0.3 is 5.97 Å². The molecule has 0 saturated heterocycles. The molecule has 1 atom stereocenters. The van der Waals surface area contributed by atoms with E-state index in [2.05, 4.69) is 0 Å². The molecule has 0 aliphatic rings. The van der Waals surface area contributed by atoms with E-state index >= 15 is 0 Å². The quantitative estimate of drug-likeness (QED) is 0.473. The Hall–Kier alpha value is -2.11. The Morgan fingerprint density at radius 2 is 2.10 bits per heavy atom. The fraction of sp³-hybridized carbons (Fsp3) is 0.500. The van der Waals surface area contributed by atoms with Crippen LogP contribution in [0.4, 0.5) is 11.4 Å². The molecule has 0 aliphatic heterocycles. The van der Waals surface area contributed by atoms with Crippen molar-refractivity contribution < 1.29 is 14.8 Å². The minimum absolute atomic E-state index is 0.142. The highest BCUT2D eigenvalue weighted by Crippen LogP contribution is 2.41. The molecule has 20 heavy (non-hydrogen) atoms. The van der Waals surface area contributed by atoms with Crippen molar-refractivity contribution >= 4 is 17.3 Å². The summed E-state index contributed by atoms with van der Waals surface area (Å²) in [5, 5.41) is 20.6. The van der Waals surface area contributed by atoms with Crippen molar-refractivity contribution in [3.63, 3.8) is 0 Å². The van der Waals surface area contributed by atoms with Gasteiger partial charge in [0.15, 0.2) is 0 Å². The average Bonchev–Trinajstić information content (AvgIpc) is 2.35. The fourth-order valence-electron chi connectivity index (χ4n) is 2.64. The minimum atomic E-state index is -1.20. The average molecular weight is 280 g/mol. The van der Waals surface area contributed by atoms with Crippen LogP contribution in [0.25, 0.3) is 0 Å². The van der Waals surface area contributed by atoms with Gasteiger partial charge in [0.25, 0.3) is 5.69 Å². The first-order valence-corrected chi connectivity index (χ1v) is 6.55. The van der Waals surface area contributed by atoms with Crippen LogP contribution in [0.2, 0.25) is 0 Å². The van der Waals surface area contributed by atoms with Crippen molar-refractivity contribution in [2.24, 2.45) is 5.92 Å². The first-order valence-electron chi connectivity index (χ1n) is 6.55. The number of nitrogens with two attached hydrogens (primary N) is 1. The van der Waals surface area contributed by atoms with Crippen molar-refractivity contribution in [1.82, 2.24) is 0 Å². The minimum Gasteiger partial charge on any atom is -0.481 e.